The second kappa shape index (κ2) is 6.15. The van der Waals surface area contributed by atoms with Gasteiger partial charge in [0.1, 0.15) is 0 Å². The van der Waals surface area contributed by atoms with Crippen molar-refractivity contribution >= 4 is 11.8 Å². The van der Waals surface area contributed by atoms with Crippen molar-refractivity contribution in [3.63, 3.8) is 0 Å². The first-order valence-electron chi connectivity index (χ1n) is 6.58. The maximum absolute atomic E-state index is 11.8. The quantitative estimate of drug-likeness (QED) is 0.666. The molecule has 0 aromatic heterocycles. The van der Waals surface area contributed by atoms with Crippen LogP contribution in [0, 0.1) is 5.92 Å². The molecule has 0 spiro atoms. The van der Waals surface area contributed by atoms with Crippen LogP contribution in [0.1, 0.15) is 19.3 Å². The molecule has 2 atom stereocenters. The fourth-order valence-corrected chi connectivity index (χ4v) is 2.50. The van der Waals surface area contributed by atoms with E-state index in [4.69, 9.17) is 10.5 Å². The fraction of sp³-hybridized carbons (Fsp3) is 0.833. The Morgan fingerprint density at radius 2 is 2.39 bits per heavy atom. The minimum absolute atomic E-state index is 0.0541. The Labute approximate surface area is 107 Å². The van der Waals surface area contributed by atoms with Crippen molar-refractivity contribution in [3.05, 3.63) is 0 Å². The second-order valence-electron chi connectivity index (χ2n) is 4.91. The molecule has 0 saturated carbocycles. The Kier molecular flexibility index (Phi) is 4.54. The van der Waals surface area contributed by atoms with E-state index in [0.717, 1.165) is 19.4 Å². The van der Waals surface area contributed by atoms with Crippen molar-refractivity contribution in [3.8, 4) is 0 Å². The number of hydrogen-bond donors (Lipinski definition) is 2. The summed E-state index contributed by atoms with van der Waals surface area (Å²) in [6.45, 7) is 2.81. The molecule has 0 aromatic rings. The Morgan fingerprint density at radius 1 is 1.56 bits per heavy atom. The van der Waals surface area contributed by atoms with E-state index in [1.54, 1.807) is 4.90 Å². The lowest BCUT2D eigenvalue weighted by Gasteiger charge is -2.20. The zero-order chi connectivity index (χ0) is 13.0. The van der Waals surface area contributed by atoms with E-state index in [0.29, 0.717) is 32.6 Å². The van der Waals surface area contributed by atoms with E-state index in [-0.39, 0.29) is 23.8 Å². The van der Waals surface area contributed by atoms with Crippen LogP contribution in [0.2, 0.25) is 0 Å². The van der Waals surface area contributed by atoms with Crippen molar-refractivity contribution < 1.29 is 14.3 Å². The standard InChI is InChI=1S/C12H21N3O3/c13-3-4-14-12(17)9-6-11(16)15(7-9)8-10-2-1-5-18-10/h9-10H,1-8,13H2,(H,14,17). The predicted octanol–water partition coefficient (Wildman–Crippen LogP) is -0.911. The average Bonchev–Trinajstić information content (AvgIpc) is 2.98. The highest BCUT2D eigenvalue weighted by atomic mass is 16.5. The van der Waals surface area contributed by atoms with Gasteiger partial charge in [-0.1, -0.05) is 0 Å². The van der Waals surface area contributed by atoms with Gasteiger partial charge >= 0.3 is 0 Å². The van der Waals surface area contributed by atoms with Crippen LogP contribution < -0.4 is 11.1 Å². The van der Waals surface area contributed by atoms with Crippen molar-refractivity contribution in [2.24, 2.45) is 11.7 Å². The van der Waals surface area contributed by atoms with Gasteiger partial charge in [-0.3, -0.25) is 9.59 Å². The summed E-state index contributed by atoms with van der Waals surface area (Å²) in [6.07, 6.45) is 2.53. The van der Waals surface area contributed by atoms with Crippen molar-refractivity contribution in [1.82, 2.24) is 10.2 Å². The van der Waals surface area contributed by atoms with E-state index >= 15 is 0 Å². The summed E-state index contributed by atoms with van der Waals surface area (Å²) < 4.78 is 5.51. The molecule has 6 nitrogen and oxygen atoms in total. The normalized spacial score (nSPS) is 27.8. The Bertz CT molecular complexity index is 316. The summed E-state index contributed by atoms with van der Waals surface area (Å²) in [6, 6.07) is 0. The molecule has 2 aliphatic heterocycles. The van der Waals surface area contributed by atoms with Crippen LogP contribution in [0.15, 0.2) is 0 Å². The van der Waals surface area contributed by atoms with Crippen LogP contribution in [0.25, 0.3) is 0 Å². The summed E-state index contributed by atoms with van der Waals surface area (Å²) in [7, 11) is 0. The topological polar surface area (TPSA) is 84.7 Å². The lowest BCUT2D eigenvalue weighted by Crippen LogP contribution is -2.37. The maximum Gasteiger partial charge on any atom is 0.225 e. The fourth-order valence-electron chi connectivity index (χ4n) is 2.50. The number of likely N-dealkylation sites (tertiary alicyclic amines) is 1. The highest BCUT2D eigenvalue weighted by Gasteiger charge is 2.35. The molecule has 0 radical (unpaired) electrons. The first-order valence-corrected chi connectivity index (χ1v) is 6.58. The highest BCUT2D eigenvalue weighted by Crippen LogP contribution is 2.21. The molecular formula is C12H21N3O3. The third-order valence-electron chi connectivity index (χ3n) is 3.48. The van der Waals surface area contributed by atoms with Gasteiger partial charge in [-0.2, -0.15) is 0 Å². The van der Waals surface area contributed by atoms with E-state index < -0.39 is 0 Å². The van der Waals surface area contributed by atoms with Gasteiger partial charge in [0.2, 0.25) is 11.8 Å². The van der Waals surface area contributed by atoms with Gasteiger partial charge in [-0.15, -0.1) is 0 Å². The van der Waals surface area contributed by atoms with Crippen LogP contribution in [-0.2, 0) is 14.3 Å². The zero-order valence-corrected chi connectivity index (χ0v) is 10.6. The van der Waals surface area contributed by atoms with E-state index in [2.05, 4.69) is 5.32 Å². The number of carbonyl (C=O) groups is 2. The molecule has 2 aliphatic rings. The highest BCUT2D eigenvalue weighted by molar-refractivity contribution is 5.89. The second-order valence-corrected chi connectivity index (χ2v) is 4.91. The molecule has 18 heavy (non-hydrogen) atoms. The van der Waals surface area contributed by atoms with Crippen LogP contribution >= 0.6 is 0 Å². The molecule has 2 saturated heterocycles. The van der Waals surface area contributed by atoms with Crippen molar-refractivity contribution in [1.29, 1.82) is 0 Å². The molecule has 0 aliphatic carbocycles. The molecule has 6 heteroatoms. The van der Waals surface area contributed by atoms with Gasteiger partial charge in [-0.25, -0.2) is 0 Å². The average molecular weight is 255 g/mol. The number of hydrogen-bond acceptors (Lipinski definition) is 4. The third kappa shape index (κ3) is 3.20. The maximum atomic E-state index is 11.8. The zero-order valence-electron chi connectivity index (χ0n) is 10.6. The molecular weight excluding hydrogens is 234 g/mol. The van der Waals surface area contributed by atoms with Gasteiger partial charge in [0, 0.05) is 39.2 Å². The SMILES string of the molecule is NCCNC(=O)C1CC(=O)N(CC2CCCO2)C1. The molecule has 2 fully saturated rings. The number of carbonyl (C=O) groups excluding carboxylic acids is 2. The van der Waals surface area contributed by atoms with Crippen LogP contribution in [0.5, 0.6) is 0 Å². The number of nitrogens with one attached hydrogen (secondary N) is 1. The molecule has 2 amide bonds. The van der Waals surface area contributed by atoms with E-state index in [1.165, 1.54) is 0 Å². The number of rotatable bonds is 5. The Balaban J connectivity index is 1.80. The molecule has 2 rings (SSSR count). The molecule has 3 N–H and O–H groups in total. The number of nitrogens with zero attached hydrogens (tertiary/aromatic N) is 1. The smallest absolute Gasteiger partial charge is 0.225 e. The number of amides is 2. The summed E-state index contributed by atoms with van der Waals surface area (Å²) in [5.41, 5.74) is 5.33. The minimum atomic E-state index is -0.231. The molecule has 2 heterocycles. The first kappa shape index (κ1) is 13.3. The van der Waals surface area contributed by atoms with Crippen LogP contribution in [0.4, 0.5) is 0 Å². The van der Waals surface area contributed by atoms with E-state index in [1.807, 2.05) is 0 Å². The Hall–Kier alpha value is -1.14. The molecule has 102 valence electrons. The largest absolute Gasteiger partial charge is 0.376 e. The van der Waals surface area contributed by atoms with E-state index in [9.17, 15) is 9.59 Å². The number of ether oxygens (including phenoxy) is 1. The Morgan fingerprint density at radius 3 is 3.06 bits per heavy atom. The van der Waals surface area contributed by atoms with Gasteiger partial charge in [0.15, 0.2) is 0 Å². The molecule has 2 unspecified atom stereocenters. The minimum Gasteiger partial charge on any atom is -0.376 e. The summed E-state index contributed by atoms with van der Waals surface area (Å²) in [5, 5.41) is 2.73. The van der Waals surface area contributed by atoms with Gasteiger partial charge in [0.05, 0.1) is 12.0 Å². The molecule has 0 bridgehead atoms. The van der Waals surface area contributed by atoms with Gasteiger partial charge in [0.25, 0.3) is 0 Å². The predicted molar refractivity (Wildman–Crippen MR) is 65.7 cm³/mol. The van der Waals surface area contributed by atoms with Gasteiger partial charge in [-0.05, 0) is 12.8 Å². The molecule has 0 aromatic carbocycles. The van der Waals surface area contributed by atoms with Crippen molar-refractivity contribution in [2.75, 3.05) is 32.8 Å². The van der Waals surface area contributed by atoms with Gasteiger partial charge < -0.3 is 20.7 Å². The van der Waals surface area contributed by atoms with Crippen molar-refractivity contribution in [2.45, 2.75) is 25.4 Å². The monoisotopic (exact) mass is 255 g/mol. The summed E-state index contributed by atoms with van der Waals surface area (Å²) in [5.74, 6) is -0.243. The first-order chi connectivity index (χ1) is 8.70. The third-order valence-corrected chi connectivity index (χ3v) is 3.48. The summed E-state index contributed by atoms with van der Waals surface area (Å²) in [4.78, 5) is 25.3. The van der Waals surface area contributed by atoms with Crippen LogP contribution in [0.3, 0.4) is 0 Å². The number of nitrogens with two attached hydrogens (primary N) is 1. The lowest BCUT2D eigenvalue weighted by molar-refractivity contribution is -0.129. The summed E-state index contributed by atoms with van der Waals surface area (Å²) >= 11 is 0. The lowest BCUT2D eigenvalue weighted by atomic mass is 10.1. The van der Waals surface area contributed by atoms with Crippen LogP contribution in [-0.4, -0.2) is 55.6 Å².